The highest BCUT2D eigenvalue weighted by Gasteiger charge is 2.16. The standard InChI is InChI=1S/C28H24N6O3/c29-12-18-9-21(14-30-13-18)20-5-6-25-24(11-20)27(34-33-25)28(37)32-23-10-22(15-31-16-23)19-3-1-2-17(8-19)4-7-26(35)36/h1-3,5-6,8-11,13-16H,4,7,12,29H2,(H,32,37)(H,33,34)(H,35,36). The number of carboxylic acid groups (broad SMARTS) is 1. The number of nitrogens with one attached hydrogen (secondary N) is 2. The van der Waals surface area contributed by atoms with Gasteiger partial charge >= 0.3 is 5.97 Å². The molecule has 2 aromatic carbocycles. The number of rotatable bonds is 8. The number of hydrogen-bond donors (Lipinski definition) is 4. The number of aliphatic carboxylic acids is 1. The topological polar surface area (TPSA) is 147 Å². The van der Waals surface area contributed by atoms with E-state index in [0.29, 0.717) is 24.0 Å². The van der Waals surface area contributed by atoms with Gasteiger partial charge in [0.2, 0.25) is 0 Å². The van der Waals surface area contributed by atoms with E-state index in [-0.39, 0.29) is 18.0 Å². The van der Waals surface area contributed by atoms with Gasteiger partial charge in [-0.2, -0.15) is 5.10 Å². The maximum atomic E-state index is 13.2. The van der Waals surface area contributed by atoms with Gasteiger partial charge in [0.15, 0.2) is 5.69 Å². The van der Waals surface area contributed by atoms with Crippen LogP contribution >= 0.6 is 0 Å². The fraction of sp³-hybridized carbons (Fsp3) is 0.107. The summed E-state index contributed by atoms with van der Waals surface area (Å²) >= 11 is 0. The quantitative estimate of drug-likeness (QED) is 0.251. The van der Waals surface area contributed by atoms with Crippen LogP contribution in [0.1, 0.15) is 28.0 Å². The lowest BCUT2D eigenvalue weighted by Crippen LogP contribution is -2.13. The SMILES string of the molecule is NCc1cncc(-c2ccc3[nH]nc(C(=O)Nc4cncc(-c5cccc(CCC(=O)O)c5)c4)c3c2)c1. The molecule has 0 radical (unpaired) electrons. The fourth-order valence-corrected chi connectivity index (χ4v) is 4.14. The smallest absolute Gasteiger partial charge is 0.303 e. The number of aromatic amines is 1. The van der Waals surface area contributed by atoms with E-state index in [4.69, 9.17) is 10.8 Å². The first kappa shape index (κ1) is 23.8. The van der Waals surface area contributed by atoms with Crippen LogP contribution in [-0.2, 0) is 17.8 Å². The molecule has 0 bridgehead atoms. The van der Waals surface area contributed by atoms with Crippen LogP contribution in [0.3, 0.4) is 0 Å². The summed E-state index contributed by atoms with van der Waals surface area (Å²) in [6.07, 6.45) is 7.26. The average Bonchev–Trinajstić information content (AvgIpc) is 3.36. The van der Waals surface area contributed by atoms with Crippen LogP contribution in [0.15, 0.2) is 79.4 Å². The van der Waals surface area contributed by atoms with Crippen molar-refractivity contribution in [2.24, 2.45) is 5.73 Å². The number of anilines is 1. The normalized spacial score (nSPS) is 10.9. The molecule has 5 aromatic rings. The number of H-pyrrole nitrogens is 1. The third-order valence-corrected chi connectivity index (χ3v) is 6.03. The van der Waals surface area contributed by atoms with E-state index in [1.165, 1.54) is 0 Å². The molecule has 0 unspecified atom stereocenters. The Morgan fingerprint density at radius 1 is 0.865 bits per heavy atom. The number of nitrogens with two attached hydrogens (primary N) is 1. The van der Waals surface area contributed by atoms with E-state index in [1.807, 2.05) is 54.6 Å². The largest absolute Gasteiger partial charge is 0.481 e. The number of nitrogens with zero attached hydrogens (tertiary/aromatic N) is 3. The van der Waals surface area contributed by atoms with Crippen molar-refractivity contribution in [1.82, 2.24) is 20.2 Å². The number of hydrogen-bond acceptors (Lipinski definition) is 6. The van der Waals surface area contributed by atoms with Crippen LogP contribution < -0.4 is 11.1 Å². The van der Waals surface area contributed by atoms with Crippen molar-refractivity contribution >= 4 is 28.5 Å². The zero-order valence-corrected chi connectivity index (χ0v) is 19.8. The molecule has 0 aliphatic heterocycles. The Morgan fingerprint density at radius 3 is 2.43 bits per heavy atom. The van der Waals surface area contributed by atoms with E-state index >= 15 is 0 Å². The molecular weight excluding hydrogens is 468 g/mol. The van der Waals surface area contributed by atoms with Crippen molar-refractivity contribution in [2.45, 2.75) is 19.4 Å². The molecule has 5 rings (SSSR count). The molecule has 184 valence electrons. The summed E-state index contributed by atoms with van der Waals surface area (Å²) in [5.74, 6) is -1.21. The summed E-state index contributed by atoms with van der Waals surface area (Å²) < 4.78 is 0. The lowest BCUT2D eigenvalue weighted by atomic mass is 10.0. The highest BCUT2D eigenvalue weighted by Crippen LogP contribution is 2.27. The van der Waals surface area contributed by atoms with Crippen molar-refractivity contribution in [3.05, 3.63) is 96.2 Å². The lowest BCUT2D eigenvalue weighted by molar-refractivity contribution is -0.136. The molecule has 5 N–H and O–H groups in total. The lowest BCUT2D eigenvalue weighted by Gasteiger charge is -2.08. The van der Waals surface area contributed by atoms with Gasteiger partial charge in [-0.3, -0.25) is 24.7 Å². The van der Waals surface area contributed by atoms with E-state index in [9.17, 15) is 9.59 Å². The number of carboxylic acids is 1. The van der Waals surface area contributed by atoms with Gasteiger partial charge in [-0.15, -0.1) is 0 Å². The molecule has 0 fully saturated rings. The molecule has 0 atom stereocenters. The predicted octanol–water partition coefficient (Wildman–Crippen LogP) is 4.42. The maximum Gasteiger partial charge on any atom is 0.303 e. The molecule has 0 saturated heterocycles. The molecule has 3 aromatic heterocycles. The first-order valence-corrected chi connectivity index (χ1v) is 11.7. The van der Waals surface area contributed by atoms with Crippen LogP contribution in [-0.4, -0.2) is 37.1 Å². The molecule has 0 spiro atoms. The van der Waals surface area contributed by atoms with Gasteiger partial charge in [-0.05, 0) is 52.9 Å². The summed E-state index contributed by atoms with van der Waals surface area (Å²) in [5, 5.41) is 19.7. The van der Waals surface area contributed by atoms with Gasteiger partial charge in [0, 0.05) is 48.1 Å². The maximum absolute atomic E-state index is 13.2. The zero-order chi connectivity index (χ0) is 25.8. The van der Waals surface area contributed by atoms with Gasteiger partial charge in [0.25, 0.3) is 5.91 Å². The van der Waals surface area contributed by atoms with Crippen molar-refractivity contribution < 1.29 is 14.7 Å². The van der Waals surface area contributed by atoms with Crippen LogP contribution in [0, 0.1) is 0 Å². The van der Waals surface area contributed by atoms with Crippen molar-refractivity contribution in [3.63, 3.8) is 0 Å². The molecule has 37 heavy (non-hydrogen) atoms. The number of pyridine rings is 2. The van der Waals surface area contributed by atoms with Gasteiger partial charge in [0.05, 0.1) is 17.4 Å². The Labute approximate surface area is 212 Å². The summed E-state index contributed by atoms with van der Waals surface area (Å²) in [5.41, 5.74) is 12.6. The van der Waals surface area contributed by atoms with E-state index in [0.717, 1.165) is 38.9 Å². The predicted molar refractivity (Wildman–Crippen MR) is 141 cm³/mol. The van der Waals surface area contributed by atoms with Crippen molar-refractivity contribution in [2.75, 3.05) is 5.32 Å². The van der Waals surface area contributed by atoms with Crippen molar-refractivity contribution in [1.29, 1.82) is 0 Å². The number of carbonyl (C=O) groups is 2. The minimum Gasteiger partial charge on any atom is -0.481 e. The van der Waals surface area contributed by atoms with Crippen LogP contribution in [0.2, 0.25) is 0 Å². The summed E-state index contributed by atoms with van der Waals surface area (Å²) in [6.45, 7) is 0.391. The Kier molecular flexibility index (Phi) is 6.69. The van der Waals surface area contributed by atoms with Crippen LogP contribution in [0.5, 0.6) is 0 Å². The van der Waals surface area contributed by atoms with Gasteiger partial charge in [-0.25, -0.2) is 0 Å². The van der Waals surface area contributed by atoms with Crippen LogP contribution in [0.4, 0.5) is 5.69 Å². The molecule has 0 aliphatic rings. The first-order valence-electron chi connectivity index (χ1n) is 11.7. The number of fused-ring (bicyclic) bond motifs is 1. The summed E-state index contributed by atoms with van der Waals surface area (Å²) in [6, 6.07) is 17.2. The van der Waals surface area contributed by atoms with Gasteiger partial charge in [-0.1, -0.05) is 30.3 Å². The second-order valence-electron chi connectivity index (χ2n) is 8.63. The summed E-state index contributed by atoms with van der Waals surface area (Å²) in [4.78, 5) is 32.6. The number of benzene rings is 2. The van der Waals surface area contributed by atoms with Crippen molar-refractivity contribution in [3.8, 4) is 22.3 Å². The molecular formula is C28H24N6O3. The minimum absolute atomic E-state index is 0.0616. The number of carbonyl (C=O) groups excluding carboxylic acids is 1. The number of aromatic nitrogens is 4. The third kappa shape index (κ3) is 5.36. The second kappa shape index (κ2) is 10.4. The molecule has 9 heteroatoms. The van der Waals surface area contributed by atoms with Gasteiger partial charge in [0.1, 0.15) is 0 Å². The van der Waals surface area contributed by atoms with E-state index < -0.39 is 5.97 Å². The third-order valence-electron chi connectivity index (χ3n) is 6.03. The number of amides is 1. The highest BCUT2D eigenvalue weighted by atomic mass is 16.4. The first-order chi connectivity index (χ1) is 18.0. The van der Waals surface area contributed by atoms with E-state index in [2.05, 4.69) is 25.5 Å². The monoisotopic (exact) mass is 492 g/mol. The Balaban J connectivity index is 1.39. The Bertz CT molecular complexity index is 1610. The Morgan fingerprint density at radius 2 is 1.62 bits per heavy atom. The molecule has 0 aliphatic carbocycles. The molecule has 0 saturated carbocycles. The Hall–Kier alpha value is -4.89. The second-order valence-corrected chi connectivity index (χ2v) is 8.63. The summed E-state index contributed by atoms with van der Waals surface area (Å²) in [7, 11) is 0. The van der Waals surface area contributed by atoms with Crippen LogP contribution in [0.25, 0.3) is 33.2 Å². The number of aryl methyl sites for hydroxylation is 1. The zero-order valence-electron chi connectivity index (χ0n) is 19.8. The molecule has 1 amide bonds. The van der Waals surface area contributed by atoms with E-state index in [1.54, 1.807) is 24.8 Å². The fourth-order valence-electron chi connectivity index (χ4n) is 4.14. The highest BCUT2D eigenvalue weighted by molar-refractivity contribution is 6.11. The van der Waals surface area contributed by atoms with Gasteiger partial charge < -0.3 is 16.2 Å². The average molecular weight is 493 g/mol. The minimum atomic E-state index is -0.837. The molecule has 9 nitrogen and oxygen atoms in total. The molecule has 3 heterocycles.